The molecule has 2 aromatic rings. The smallest absolute Gasteiger partial charge is 0.267 e. The zero-order valence-corrected chi connectivity index (χ0v) is 11.8. The molecule has 0 radical (unpaired) electrons. The van der Waals surface area contributed by atoms with Gasteiger partial charge in [0, 0.05) is 6.07 Å². The number of hydrogen-bond acceptors (Lipinski definition) is 6. The number of aryl methyl sites for hydroxylation is 3. The van der Waals surface area contributed by atoms with Crippen molar-refractivity contribution < 1.29 is 9.42 Å². The quantitative estimate of drug-likeness (QED) is 0.888. The summed E-state index contributed by atoms with van der Waals surface area (Å²) in [6.45, 7) is 3.28. The van der Waals surface area contributed by atoms with E-state index in [0.717, 1.165) is 30.5 Å². The van der Waals surface area contributed by atoms with E-state index in [1.165, 1.54) is 4.68 Å². The molecule has 1 atom stereocenters. The predicted octanol–water partition coefficient (Wildman–Crippen LogP) is 0.623. The maximum atomic E-state index is 12.2. The SMILES string of the molecule is Cc1nonc1NC(=O)[C@H](C)n1nc2c(cc1=O)CCC2. The van der Waals surface area contributed by atoms with E-state index >= 15 is 0 Å². The van der Waals surface area contributed by atoms with E-state index in [2.05, 4.69) is 25.4 Å². The minimum atomic E-state index is -0.737. The molecule has 0 aliphatic heterocycles. The zero-order chi connectivity index (χ0) is 15.0. The maximum Gasteiger partial charge on any atom is 0.267 e. The van der Waals surface area contributed by atoms with Crippen molar-refractivity contribution in [2.75, 3.05) is 5.32 Å². The molecule has 1 amide bonds. The van der Waals surface area contributed by atoms with E-state index < -0.39 is 6.04 Å². The molecule has 110 valence electrons. The minimum Gasteiger partial charge on any atom is -0.304 e. The normalized spacial score (nSPS) is 14.8. The molecule has 2 heterocycles. The average molecular weight is 289 g/mol. The summed E-state index contributed by atoms with van der Waals surface area (Å²) < 4.78 is 5.73. The van der Waals surface area contributed by atoms with Crippen LogP contribution < -0.4 is 10.9 Å². The van der Waals surface area contributed by atoms with Gasteiger partial charge in [0.1, 0.15) is 11.7 Å². The zero-order valence-electron chi connectivity index (χ0n) is 11.8. The highest BCUT2D eigenvalue weighted by Crippen LogP contribution is 2.18. The van der Waals surface area contributed by atoms with Crippen molar-refractivity contribution in [2.24, 2.45) is 0 Å². The molecule has 0 saturated heterocycles. The number of rotatable bonds is 3. The van der Waals surface area contributed by atoms with E-state index in [-0.39, 0.29) is 17.3 Å². The first kappa shape index (κ1) is 13.5. The topological polar surface area (TPSA) is 103 Å². The summed E-state index contributed by atoms with van der Waals surface area (Å²) in [5.41, 5.74) is 2.09. The number of nitrogens with zero attached hydrogens (tertiary/aromatic N) is 4. The fourth-order valence-electron chi connectivity index (χ4n) is 2.37. The van der Waals surface area contributed by atoms with Crippen molar-refractivity contribution in [1.29, 1.82) is 0 Å². The second-order valence-electron chi connectivity index (χ2n) is 5.12. The molecule has 1 aliphatic carbocycles. The Labute approximate surface area is 120 Å². The molecule has 0 fully saturated rings. The Hall–Kier alpha value is -2.51. The highest BCUT2D eigenvalue weighted by atomic mass is 16.6. The molecule has 8 nitrogen and oxygen atoms in total. The van der Waals surface area contributed by atoms with Crippen LogP contribution in [0.3, 0.4) is 0 Å². The Morgan fingerprint density at radius 2 is 2.24 bits per heavy atom. The third-order valence-electron chi connectivity index (χ3n) is 3.62. The number of amides is 1. The van der Waals surface area contributed by atoms with Crippen LogP contribution in [0.25, 0.3) is 0 Å². The first-order valence-corrected chi connectivity index (χ1v) is 6.78. The van der Waals surface area contributed by atoms with Gasteiger partial charge in [-0.3, -0.25) is 9.59 Å². The van der Waals surface area contributed by atoms with Crippen LogP contribution in [-0.4, -0.2) is 26.0 Å². The number of carbonyl (C=O) groups is 1. The van der Waals surface area contributed by atoms with Gasteiger partial charge in [-0.15, -0.1) is 0 Å². The number of fused-ring (bicyclic) bond motifs is 1. The van der Waals surface area contributed by atoms with E-state index in [9.17, 15) is 9.59 Å². The van der Waals surface area contributed by atoms with Crippen LogP contribution in [0, 0.1) is 6.92 Å². The van der Waals surface area contributed by atoms with Gasteiger partial charge < -0.3 is 5.32 Å². The van der Waals surface area contributed by atoms with Crippen molar-refractivity contribution in [3.05, 3.63) is 33.4 Å². The molecule has 0 spiro atoms. The number of nitrogens with one attached hydrogen (secondary N) is 1. The third-order valence-corrected chi connectivity index (χ3v) is 3.62. The summed E-state index contributed by atoms with van der Waals surface area (Å²) in [5.74, 6) is -0.137. The van der Waals surface area contributed by atoms with E-state index in [1.807, 2.05) is 0 Å². The Kier molecular flexibility index (Phi) is 3.28. The van der Waals surface area contributed by atoms with E-state index in [0.29, 0.717) is 5.69 Å². The summed E-state index contributed by atoms with van der Waals surface area (Å²) in [6.07, 6.45) is 2.72. The summed E-state index contributed by atoms with van der Waals surface area (Å²) in [7, 11) is 0. The van der Waals surface area contributed by atoms with Gasteiger partial charge in [0.25, 0.3) is 5.56 Å². The predicted molar refractivity (Wildman–Crippen MR) is 72.9 cm³/mol. The van der Waals surface area contributed by atoms with Crippen LogP contribution in [0.2, 0.25) is 0 Å². The second kappa shape index (κ2) is 5.12. The van der Waals surface area contributed by atoms with Gasteiger partial charge in [-0.25, -0.2) is 9.31 Å². The second-order valence-corrected chi connectivity index (χ2v) is 5.12. The molecule has 8 heteroatoms. The minimum absolute atomic E-state index is 0.251. The summed E-state index contributed by atoms with van der Waals surface area (Å²) in [4.78, 5) is 24.3. The van der Waals surface area contributed by atoms with E-state index in [4.69, 9.17) is 0 Å². The highest BCUT2D eigenvalue weighted by molar-refractivity contribution is 5.92. The van der Waals surface area contributed by atoms with Crippen LogP contribution in [0.4, 0.5) is 5.82 Å². The summed E-state index contributed by atoms with van der Waals surface area (Å²) in [6, 6.07) is 0.835. The first-order chi connectivity index (χ1) is 10.1. The van der Waals surface area contributed by atoms with Gasteiger partial charge in [-0.1, -0.05) is 5.16 Å². The molecule has 3 rings (SSSR count). The molecular weight excluding hydrogens is 274 g/mol. The molecule has 0 saturated carbocycles. The van der Waals surface area contributed by atoms with Crippen molar-refractivity contribution in [2.45, 2.75) is 39.2 Å². The lowest BCUT2D eigenvalue weighted by atomic mass is 10.2. The van der Waals surface area contributed by atoms with Crippen molar-refractivity contribution in [3.63, 3.8) is 0 Å². The molecule has 0 unspecified atom stereocenters. The summed E-state index contributed by atoms with van der Waals surface area (Å²) in [5, 5.41) is 14.1. The highest BCUT2D eigenvalue weighted by Gasteiger charge is 2.22. The number of aromatic nitrogens is 4. The third kappa shape index (κ3) is 2.44. The molecule has 21 heavy (non-hydrogen) atoms. The maximum absolute atomic E-state index is 12.2. The lowest BCUT2D eigenvalue weighted by Crippen LogP contribution is -2.34. The number of hydrogen-bond donors (Lipinski definition) is 1. The molecule has 2 aromatic heterocycles. The summed E-state index contributed by atoms with van der Waals surface area (Å²) >= 11 is 0. The van der Waals surface area contributed by atoms with Gasteiger partial charge in [0.05, 0.1) is 5.69 Å². The van der Waals surface area contributed by atoms with Gasteiger partial charge in [0.2, 0.25) is 5.91 Å². The van der Waals surface area contributed by atoms with Gasteiger partial charge >= 0.3 is 0 Å². The van der Waals surface area contributed by atoms with Gasteiger partial charge in [0.15, 0.2) is 5.82 Å². The average Bonchev–Trinajstić information content (AvgIpc) is 3.06. The van der Waals surface area contributed by atoms with Crippen molar-refractivity contribution in [1.82, 2.24) is 20.1 Å². The van der Waals surface area contributed by atoms with Crippen LogP contribution in [-0.2, 0) is 17.6 Å². The number of anilines is 1. The Bertz CT molecular complexity index is 749. The fourth-order valence-corrected chi connectivity index (χ4v) is 2.37. The molecule has 1 N–H and O–H groups in total. The first-order valence-electron chi connectivity index (χ1n) is 6.78. The van der Waals surface area contributed by atoms with E-state index in [1.54, 1.807) is 19.9 Å². The van der Waals surface area contributed by atoms with Gasteiger partial charge in [-0.05, 0) is 43.8 Å². The van der Waals surface area contributed by atoms with Crippen molar-refractivity contribution >= 4 is 11.7 Å². The largest absolute Gasteiger partial charge is 0.304 e. The van der Waals surface area contributed by atoms with Crippen LogP contribution in [0.1, 0.15) is 36.3 Å². The molecule has 1 aliphatic rings. The van der Waals surface area contributed by atoms with Crippen LogP contribution in [0.15, 0.2) is 15.5 Å². The van der Waals surface area contributed by atoms with Crippen molar-refractivity contribution in [3.8, 4) is 0 Å². The fraction of sp³-hybridized carbons (Fsp3) is 0.462. The monoisotopic (exact) mass is 289 g/mol. The standard InChI is InChI=1S/C13H15N5O3/c1-7-12(17-21-16-7)14-13(20)8(2)18-11(19)6-9-4-3-5-10(9)15-18/h6,8H,3-5H2,1-2H3,(H,14,17,20)/t8-/m0/s1. The molecule has 0 bridgehead atoms. The Morgan fingerprint density at radius 1 is 1.43 bits per heavy atom. The van der Waals surface area contributed by atoms with Gasteiger partial charge in [-0.2, -0.15) is 5.10 Å². The van der Waals surface area contributed by atoms with Crippen LogP contribution >= 0.6 is 0 Å². The lowest BCUT2D eigenvalue weighted by molar-refractivity contribution is -0.119. The molecule has 0 aromatic carbocycles. The lowest BCUT2D eigenvalue weighted by Gasteiger charge is -2.14. The van der Waals surface area contributed by atoms with Crippen LogP contribution in [0.5, 0.6) is 0 Å². The Morgan fingerprint density at radius 3 is 2.95 bits per heavy atom. The number of carbonyl (C=O) groups excluding carboxylic acids is 1. The Balaban J connectivity index is 1.85. The molecular formula is C13H15N5O3.